The summed E-state index contributed by atoms with van der Waals surface area (Å²) in [6.07, 6.45) is 2.29. The minimum atomic E-state index is -0.242. The topological polar surface area (TPSA) is 79.0 Å². The Labute approximate surface area is 121 Å². The highest BCUT2D eigenvalue weighted by molar-refractivity contribution is 5.83. The third-order valence-electron chi connectivity index (χ3n) is 4.06. The van der Waals surface area contributed by atoms with Crippen molar-refractivity contribution in [2.75, 3.05) is 6.61 Å². The van der Waals surface area contributed by atoms with E-state index in [-0.39, 0.29) is 18.0 Å². The van der Waals surface area contributed by atoms with Crippen LogP contribution < -0.4 is 15.4 Å². The molecule has 1 aromatic carbocycles. The lowest BCUT2D eigenvalue weighted by Crippen LogP contribution is -2.48. The molecule has 6 heteroatoms. The van der Waals surface area contributed by atoms with E-state index in [1.807, 2.05) is 24.3 Å². The molecule has 21 heavy (non-hydrogen) atoms. The van der Waals surface area contributed by atoms with E-state index < -0.39 is 0 Å². The van der Waals surface area contributed by atoms with Gasteiger partial charge in [0.15, 0.2) is 0 Å². The highest BCUT2D eigenvalue weighted by Gasteiger charge is 2.30. The predicted octanol–water partition coefficient (Wildman–Crippen LogP) is 0.674. The Morgan fingerprint density at radius 2 is 2.29 bits per heavy atom. The van der Waals surface area contributed by atoms with Crippen molar-refractivity contribution >= 4 is 5.91 Å². The molecule has 2 atom stereocenters. The van der Waals surface area contributed by atoms with Gasteiger partial charge in [0.1, 0.15) is 12.4 Å². The van der Waals surface area contributed by atoms with Crippen molar-refractivity contribution in [3.05, 3.63) is 47.5 Å². The summed E-state index contributed by atoms with van der Waals surface area (Å²) >= 11 is 0. The van der Waals surface area contributed by atoms with Crippen molar-refractivity contribution in [2.45, 2.75) is 25.0 Å². The fourth-order valence-electron chi connectivity index (χ4n) is 2.91. The van der Waals surface area contributed by atoms with Crippen molar-refractivity contribution in [3.63, 3.8) is 0 Å². The number of carbonyl (C=O) groups excluding carboxylic acids is 1. The number of amides is 1. The van der Waals surface area contributed by atoms with Crippen molar-refractivity contribution in [1.82, 2.24) is 20.6 Å². The Balaban J connectivity index is 1.46. The molecule has 4 rings (SSSR count). The molecule has 0 saturated carbocycles. The van der Waals surface area contributed by atoms with Crippen LogP contribution in [0.1, 0.15) is 23.0 Å². The van der Waals surface area contributed by atoms with Gasteiger partial charge in [-0.1, -0.05) is 18.2 Å². The first kappa shape index (κ1) is 12.4. The van der Waals surface area contributed by atoms with Crippen LogP contribution in [0, 0.1) is 0 Å². The molecule has 2 aliphatic rings. The molecule has 108 valence electrons. The maximum Gasteiger partial charge on any atom is 0.238 e. The van der Waals surface area contributed by atoms with E-state index >= 15 is 0 Å². The van der Waals surface area contributed by atoms with Crippen LogP contribution in [0.2, 0.25) is 0 Å². The second-order valence-corrected chi connectivity index (χ2v) is 5.38. The molecule has 1 amide bonds. The number of H-pyrrole nitrogens is 1. The van der Waals surface area contributed by atoms with Crippen molar-refractivity contribution < 1.29 is 9.53 Å². The zero-order valence-electron chi connectivity index (χ0n) is 11.4. The van der Waals surface area contributed by atoms with Gasteiger partial charge in [0, 0.05) is 18.5 Å². The minimum absolute atomic E-state index is 0.00560. The van der Waals surface area contributed by atoms with Crippen LogP contribution in [-0.4, -0.2) is 28.5 Å². The number of rotatable bonds is 2. The SMILES string of the molecule is O=C(NC1COc2ccccc21)C1Cc2nc[nH]c2CN1. The summed E-state index contributed by atoms with van der Waals surface area (Å²) in [6.45, 7) is 1.14. The molecule has 0 spiro atoms. The van der Waals surface area contributed by atoms with E-state index in [0.717, 1.165) is 22.7 Å². The number of fused-ring (bicyclic) bond motifs is 2. The first-order valence-corrected chi connectivity index (χ1v) is 7.08. The molecule has 3 heterocycles. The fourth-order valence-corrected chi connectivity index (χ4v) is 2.91. The summed E-state index contributed by atoms with van der Waals surface area (Å²) in [5, 5.41) is 6.30. The van der Waals surface area contributed by atoms with Crippen molar-refractivity contribution in [1.29, 1.82) is 0 Å². The fraction of sp³-hybridized carbons (Fsp3) is 0.333. The van der Waals surface area contributed by atoms with Gasteiger partial charge >= 0.3 is 0 Å². The first-order chi connectivity index (χ1) is 10.3. The van der Waals surface area contributed by atoms with Gasteiger partial charge in [-0.2, -0.15) is 0 Å². The van der Waals surface area contributed by atoms with Gasteiger partial charge < -0.3 is 15.0 Å². The van der Waals surface area contributed by atoms with E-state index in [1.54, 1.807) is 6.33 Å². The van der Waals surface area contributed by atoms with Gasteiger partial charge in [-0.25, -0.2) is 4.98 Å². The van der Waals surface area contributed by atoms with Crippen LogP contribution in [0.3, 0.4) is 0 Å². The number of nitrogens with one attached hydrogen (secondary N) is 3. The van der Waals surface area contributed by atoms with Gasteiger partial charge in [0.2, 0.25) is 5.91 Å². The number of aromatic nitrogens is 2. The molecule has 0 aliphatic carbocycles. The van der Waals surface area contributed by atoms with E-state index in [4.69, 9.17) is 4.74 Å². The summed E-state index contributed by atoms with van der Waals surface area (Å²) < 4.78 is 5.59. The van der Waals surface area contributed by atoms with Crippen LogP contribution in [-0.2, 0) is 17.8 Å². The number of aromatic amines is 1. The number of hydrogen-bond donors (Lipinski definition) is 3. The average molecular weight is 284 g/mol. The number of nitrogens with zero attached hydrogens (tertiary/aromatic N) is 1. The number of ether oxygens (including phenoxy) is 1. The molecule has 1 aromatic heterocycles. The lowest BCUT2D eigenvalue weighted by Gasteiger charge is -2.23. The van der Waals surface area contributed by atoms with Crippen LogP contribution in [0.4, 0.5) is 0 Å². The summed E-state index contributed by atoms with van der Waals surface area (Å²) in [5.74, 6) is 0.850. The standard InChI is InChI=1S/C15H16N4O2/c20-15(11-5-10-12(6-16-11)18-8-17-10)19-13-7-21-14-4-2-1-3-9(13)14/h1-4,8,11,13,16H,5-7H2,(H,17,18)(H,19,20). The number of hydrogen-bond acceptors (Lipinski definition) is 4. The van der Waals surface area contributed by atoms with Crippen LogP contribution in [0.25, 0.3) is 0 Å². The quantitative estimate of drug-likeness (QED) is 0.757. The smallest absolute Gasteiger partial charge is 0.238 e. The van der Waals surface area contributed by atoms with Crippen LogP contribution in [0.5, 0.6) is 5.75 Å². The molecule has 0 radical (unpaired) electrons. The molecule has 2 aromatic rings. The molecule has 0 saturated heterocycles. The van der Waals surface area contributed by atoms with Gasteiger partial charge in [-0.05, 0) is 6.07 Å². The van der Waals surface area contributed by atoms with Gasteiger partial charge in [-0.3, -0.25) is 10.1 Å². The Morgan fingerprint density at radius 3 is 3.24 bits per heavy atom. The zero-order chi connectivity index (χ0) is 14.2. The largest absolute Gasteiger partial charge is 0.491 e. The summed E-state index contributed by atoms with van der Waals surface area (Å²) in [5.41, 5.74) is 3.08. The Morgan fingerprint density at radius 1 is 1.38 bits per heavy atom. The van der Waals surface area contributed by atoms with Crippen molar-refractivity contribution in [2.24, 2.45) is 0 Å². The van der Waals surface area contributed by atoms with Gasteiger partial charge in [0.05, 0.1) is 29.8 Å². The molecule has 0 bridgehead atoms. The number of benzene rings is 1. The van der Waals surface area contributed by atoms with E-state index in [1.165, 1.54) is 0 Å². The third-order valence-corrected chi connectivity index (χ3v) is 4.06. The van der Waals surface area contributed by atoms with Gasteiger partial charge in [-0.15, -0.1) is 0 Å². The Kier molecular flexibility index (Phi) is 2.89. The zero-order valence-corrected chi connectivity index (χ0v) is 11.4. The summed E-state index contributed by atoms with van der Waals surface area (Å²) in [6, 6.07) is 7.50. The van der Waals surface area contributed by atoms with E-state index in [9.17, 15) is 4.79 Å². The Hall–Kier alpha value is -2.34. The molecule has 2 unspecified atom stereocenters. The lowest BCUT2D eigenvalue weighted by molar-refractivity contribution is -0.124. The van der Waals surface area contributed by atoms with E-state index in [2.05, 4.69) is 20.6 Å². The highest BCUT2D eigenvalue weighted by atomic mass is 16.5. The highest BCUT2D eigenvalue weighted by Crippen LogP contribution is 2.31. The second kappa shape index (κ2) is 4.89. The van der Waals surface area contributed by atoms with Crippen LogP contribution >= 0.6 is 0 Å². The number of imidazole rings is 1. The normalized spacial score (nSPS) is 23.0. The maximum absolute atomic E-state index is 12.4. The molecule has 0 fully saturated rings. The first-order valence-electron chi connectivity index (χ1n) is 7.08. The maximum atomic E-state index is 12.4. The number of carbonyl (C=O) groups is 1. The monoisotopic (exact) mass is 284 g/mol. The van der Waals surface area contributed by atoms with Crippen molar-refractivity contribution in [3.8, 4) is 5.75 Å². The average Bonchev–Trinajstić information content (AvgIpc) is 3.13. The molecule has 3 N–H and O–H groups in total. The lowest BCUT2D eigenvalue weighted by atomic mass is 10.0. The van der Waals surface area contributed by atoms with Gasteiger partial charge in [0.25, 0.3) is 0 Å². The Bertz CT molecular complexity index is 682. The molecular weight excluding hydrogens is 268 g/mol. The van der Waals surface area contributed by atoms with E-state index in [0.29, 0.717) is 19.6 Å². The molecule has 6 nitrogen and oxygen atoms in total. The molecular formula is C15H16N4O2. The summed E-state index contributed by atoms with van der Waals surface area (Å²) in [4.78, 5) is 19.8. The second-order valence-electron chi connectivity index (χ2n) is 5.38. The number of para-hydroxylation sites is 1. The van der Waals surface area contributed by atoms with Crippen LogP contribution in [0.15, 0.2) is 30.6 Å². The summed E-state index contributed by atoms with van der Waals surface area (Å²) in [7, 11) is 0. The third kappa shape index (κ3) is 2.17. The molecule has 2 aliphatic heterocycles. The predicted molar refractivity (Wildman–Crippen MR) is 75.7 cm³/mol. The minimum Gasteiger partial charge on any atom is -0.491 e.